The van der Waals surface area contributed by atoms with Crippen LogP contribution in [0.25, 0.3) is 0 Å². The molecule has 26 valence electrons. The van der Waals surface area contributed by atoms with Crippen molar-refractivity contribution in [2.24, 2.45) is 0 Å². The molecule has 3 nitrogen and oxygen atoms in total. The van der Waals surface area contributed by atoms with E-state index >= 15 is 0 Å². The first kappa shape index (κ1) is 15.7. The molecule has 6 heavy (non-hydrogen) atoms. The Morgan fingerprint density at radius 1 is 1.00 bits per heavy atom. The van der Waals surface area contributed by atoms with Gasteiger partial charge >= 0.3 is 57.2 Å². The summed E-state index contributed by atoms with van der Waals surface area (Å²) in [6.07, 6.45) is 0. The van der Waals surface area contributed by atoms with Crippen molar-refractivity contribution in [3.8, 4) is 0 Å². The number of hydrogen-bond acceptors (Lipinski definition) is 3. The Morgan fingerprint density at radius 2 is 1.00 bits per heavy atom. The van der Waals surface area contributed by atoms with Crippen molar-refractivity contribution in [2.75, 3.05) is 0 Å². The second-order valence-electron chi connectivity index (χ2n) is 0.224. The summed E-state index contributed by atoms with van der Waals surface area (Å²) >= 11 is 0. The molecular formula is CaO3PZn+. The van der Waals surface area contributed by atoms with E-state index in [0.717, 1.165) is 0 Å². The average molecular weight is 184 g/mol. The smallest absolute Gasteiger partial charge is 0.854 e. The van der Waals surface area contributed by atoms with E-state index in [0.29, 0.717) is 0 Å². The third-order valence-corrected chi connectivity index (χ3v) is 0. The van der Waals surface area contributed by atoms with E-state index in [4.69, 9.17) is 14.7 Å². The minimum absolute atomic E-state index is 0. The van der Waals surface area contributed by atoms with E-state index < -0.39 is 8.60 Å². The Kier molecular flexibility index (Phi) is 26.8. The molecule has 0 unspecified atom stereocenters. The topological polar surface area (TPSA) is 69.2 Å². The van der Waals surface area contributed by atoms with Gasteiger partial charge in [0.2, 0.25) is 0 Å². The normalized spacial score (nSPS) is 6.00. The molecule has 0 aliphatic rings. The van der Waals surface area contributed by atoms with Crippen LogP contribution in [0, 0.1) is 0 Å². The zero-order valence-corrected chi connectivity index (χ0v) is 9.16. The molecule has 0 radical (unpaired) electrons. The van der Waals surface area contributed by atoms with Crippen molar-refractivity contribution < 1.29 is 34.2 Å². The first-order valence-corrected chi connectivity index (χ1v) is 1.64. The summed E-state index contributed by atoms with van der Waals surface area (Å²) in [5, 5.41) is 0. The van der Waals surface area contributed by atoms with Gasteiger partial charge in [0.25, 0.3) is 0 Å². The molecule has 0 aromatic carbocycles. The molecule has 6 heteroatoms. The summed E-state index contributed by atoms with van der Waals surface area (Å²) in [6.45, 7) is 0. The van der Waals surface area contributed by atoms with Gasteiger partial charge in [-0.15, -0.1) is 0 Å². The second-order valence-corrected chi connectivity index (χ2v) is 0.671. The van der Waals surface area contributed by atoms with Crippen molar-refractivity contribution >= 4 is 46.3 Å². The van der Waals surface area contributed by atoms with Crippen LogP contribution in [0.2, 0.25) is 0 Å². The van der Waals surface area contributed by atoms with Gasteiger partial charge in [-0.1, -0.05) is 0 Å². The molecule has 0 N–H and O–H groups in total. The fourth-order valence-corrected chi connectivity index (χ4v) is 0. The van der Waals surface area contributed by atoms with Gasteiger partial charge in [-0.05, 0) is 0 Å². The van der Waals surface area contributed by atoms with Crippen LogP contribution in [0.4, 0.5) is 0 Å². The monoisotopic (exact) mass is 183 g/mol. The molecule has 0 aliphatic carbocycles. The zero-order valence-electron chi connectivity index (χ0n) is 3.09. The predicted molar refractivity (Wildman–Crippen MR) is 12.7 cm³/mol. The molecule has 0 fully saturated rings. The number of hydrogen-bond donors (Lipinski definition) is 0. The largest absolute Gasteiger partial charge is 2.00 e. The van der Waals surface area contributed by atoms with Crippen molar-refractivity contribution in [1.82, 2.24) is 0 Å². The molecule has 0 saturated heterocycles. The maximum Gasteiger partial charge on any atom is 2.00 e. The SMILES string of the molecule is [Ca+2].[O-]P([O-])[O-].[Zn+2]. The standard InChI is InChI=1S/Ca.O3P.Zn/c;1-4(2)3;/q+2;-3;+2. The molecule has 0 spiro atoms. The van der Waals surface area contributed by atoms with Crippen LogP contribution in [0.3, 0.4) is 0 Å². The minimum Gasteiger partial charge on any atom is -0.854 e. The van der Waals surface area contributed by atoms with Crippen LogP contribution in [-0.2, 0) is 19.5 Å². The summed E-state index contributed by atoms with van der Waals surface area (Å²) in [7, 11) is -3.37. The molecule has 0 atom stereocenters. The van der Waals surface area contributed by atoms with Gasteiger partial charge in [-0.3, -0.25) is 0 Å². The Hall–Kier alpha value is 2.19. The zero-order chi connectivity index (χ0) is 3.58. The molecule has 0 bridgehead atoms. The third kappa shape index (κ3) is 34.7. The van der Waals surface area contributed by atoms with E-state index in [1.54, 1.807) is 0 Å². The molecule has 0 aromatic heterocycles. The molecule has 0 rings (SSSR count). The van der Waals surface area contributed by atoms with Gasteiger partial charge in [0.15, 0.2) is 0 Å². The Morgan fingerprint density at radius 3 is 1.00 bits per heavy atom. The van der Waals surface area contributed by atoms with Crippen LogP contribution in [0.1, 0.15) is 0 Å². The van der Waals surface area contributed by atoms with E-state index in [2.05, 4.69) is 0 Å². The Balaban J connectivity index is -0.0000000450. The van der Waals surface area contributed by atoms with Gasteiger partial charge in [-0.2, -0.15) is 0 Å². The summed E-state index contributed by atoms with van der Waals surface area (Å²) < 4.78 is 0. The molecular weight excluding hydrogens is 184 g/mol. The second kappa shape index (κ2) is 10.2. The van der Waals surface area contributed by atoms with Crippen LogP contribution in [0.15, 0.2) is 0 Å². The van der Waals surface area contributed by atoms with Gasteiger partial charge in [0.05, 0.1) is 0 Å². The first-order valence-electron chi connectivity index (χ1n) is 0.548. The number of rotatable bonds is 0. The van der Waals surface area contributed by atoms with Gasteiger partial charge in [0.1, 0.15) is 0 Å². The first-order chi connectivity index (χ1) is 1.73. The Labute approximate surface area is 79.5 Å². The van der Waals surface area contributed by atoms with E-state index in [9.17, 15) is 0 Å². The maximum absolute atomic E-state index is 8.48. The molecule has 0 aliphatic heterocycles. The van der Waals surface area contributed by atoms with Gasteiger partial charge in [-0.25, -0.2) is 0 Å². The minimum atomic E-state index is -3.37. The van der Waals surface area contributed by atoms with Crippen molar-refractivity contribution in [1.29, 1.82) is 0 Å². The average Bonchev–Trinajstić information content (AvgIpc) is 0.811. The third-order valence-electron chi connectivity index (χ3n) is 0. The molecule has 0 saturated carbocycles. The van der Waals surface area contributed by atoms with E-state index in [1.165, 1.54) is 0 Å². The van der Waals surface area contributed by atoms with E-state index in [1.807, 2.05) is 0 Å². The van der Waals surface area contributed by atoms with Crippen LogP contribution in [-0.4, -0.2) is 37.7 Å². The van der Waals surface area contributed by atoms with Crippen LogP contribution in [0.5, 0.6) is 0 Å². The fraction of sp³-hybridized carbons (Fsp3) is 0. The van der Waals surface area contributed by atoms with Gasteiger partial charge in [0, 0.05) is 0 Å². The summed E-state index contributed by atoms with van der Waals surface area (Å²) in [4.78, 5) is 25.4. The summed E-state index contributed by atoms with van der Waals surface area (Å²) in [5.74, 6) is 0. The Bertz CT molecular complexity index is 15.5. The predicted octanol–water partition coefficient (Wildman–Crippen LogP) is -3.09. The molecule has 0 amide bonds. The van der Waals surface area contributed by atoms with Crippen LogP contribution < -0.4 is 14.7 Å². The van der Waals surface area contributed by atoms with Gasteiger partial charge < -0.3 is 23.3 Å². The van der Waals surface area contributed by atoms with Crippen molar-refractivity contribution in [2.45, 2.75) is 0 Å². The van der Waals surface area contributed by atoms with E-state index in [-0.39, 0.29) is 57.2 Å². The molecule has 0 heterocycles. The molecule has 0 aromatic rings. The summed E-state index contributed by atoms with van der Waals surface area (Å²) in [6, 6.07) is 0. The van der Waals surface area contributed by atoms with Crippen LogP contribution >= 0.6 is 8.60 Å². The summed E-state index contributed by atoms with van der Waals surface area (Å²) in [5.41, 5.74) is 0. The van der Waals surface area contributed by atoms with Crippen molar-refractivity contribution in [3.05, 3.63) is 0 Å². The quantitative estimate of drug-likeness (QED) is 0.296. The fourth-order valence-electron chi connectivity index (χ4n) is 0. The maximum atomic E-state index is 8.48. The van der Waals surface area contributed by atoms with Crippen molar-refractivity contribution in [3.63, 3.8) is 0 Å².